The highest BCUT2D eigenvalue weighted by atomic mass is 35.5. The van der Waals surface area contributed by atoms with E-state index in [0.717, 1.165) is 33.4 Å². The van der Waals surface area contributed by atoms with Crippen LogP contribution in [0.3, 0.4) is 0 Å². The first-order chi connectivity index (χ1) is 10.5. The molecule has 0 fully saturated rings. The van der Waals surface area contributed by atoms with Crippen molar-refractivity contribution in [3.05, 3.63) is 58.5 Å². The van der Waals surface area contributed by atoms with Gasteiger partial charge in [0.15, 0.2) is 12.3 Å². The summed E-state index contributed by atoms with van der Waals surface area (Å²) in [6.45, 7) is 3.67. The molecule has 2 N–H and O–H groups in total. The van der Waals surface area contributed by atoms with Crippen molar-refractivity contribution in [1.29, 1.82) is 0 Å². The largest absolute Gasteiger partial charge is 0.460 e. The SMILES string of the molecule is Cc1ccc(C[NH+](C)CC(=O)NCCc2cccc(Cl)c2)o1. The summed E-state index contributed by atoms with van der Waals surface area (Å²) in [4.78, 5) is 13.0. The van der Waals surface area contributed by atoms with Crippen LogP contribution in [0.5, 0.6) is 0 Å². The first-order valence-corrected chi connectivity index (χ1v) is 7.78. The Morgan fingerprint density at radius 3 is 2.82 bits per heavy atom. The molecule has 0 bridgehead atoms. The zero-order valence-electron chi connectivity index (χ0n) is 13.0. The minimum atomic E-state index is 0.0443. The summed E-state index contributed by atoms with van der Waals surface area (Å²) >= 11 is 5.93. The zero-order valence-corrected chi connectivity index (χ0v) is 13.7. The summed E-state index contributed by atoms with van der Waals surface area (Å²) in [5.41, 5.74) is 1.12. The Kier molecular flexibility index (Phi) is 6.04. The van der Waals surface area contributed by atoms with Crippen molar-refractivity contribution in [3.63, 3.8) is 0 Å². The van der Waals surface area contributed by atoms with E-state index in [4.69, 9.17) is 16.0 Å². The lowest BCUT2D eigenvalue weighted by Crippen LogP contribution is -3.08. The quantitative estimate of drug-likeness (QED) is 0.814. The average Bonchev–Trinajstić information content (AvgIpc) is 2.83. The van der Waals surface area contributed by atoms with Crippen molar-refractivity contribution in [2.24, 2.45) is 0 Å². The van der Waals surface area contributed by atoms with Crippen LogP contribution >= 0.6 is 11.6 Å². The van der Waals surface area contributed by atoms with Crippen LogP contribution in [0.4, 0.5) is 0 Å². The van der Waals surface area contributed by atoms with Crippen molar-refractivity contribution >= 4 is 17.5 Å². The van der Waals surface area contributed by atoms with E-state index in [2.05, 4.69) is 5.32 Å². The molecule has 0 saturated heterocycles. The van der Waals surface area contributed by atoms with Gasteiger partial charge in [-0.3, -0.25) is 4.79 Å². The summed E-state index contributed by atoms with van der Waals surface area (Å²) in [5.74, 6) is 1.85. The van der Waals surface area contributed by atoms with Gasteiger partial charge in [0.25, 0.3) is 5.91 Å². The van der Waals surface area contributed by atoms with E-state index in [1.807, 2.05) is 50.4 Å². The molecule has 0 radical (unpaired) electrons. The van der Waals surface area contributed by atoms with Crippen molar-refractivity contribution in [3.8, 4) is 0 Å². The van der Waals surface area contributed by atoms with Crippen molar-refractivity contribution in [2.75, 3.05) is 20.1 Å². The molecule has 0 aliphatic carbocycles. The van der Waals surface area contributed by atoms with E-state index >= 15 is 0 Å². The highest BCUT2D eigenvalue weighted by Crippen LogP contribution is 2.10. The third kappa shape index (κ3) is 5.54. The van der Waals surface area contributed by atoms with E-state index in [1.165, 1.54) is 0 Å². The summed E-state index contributed by atoms with van der Waals surface area (Å²) in [5, 5.41) is 3.66. The molecular formula is C17H22ClN2O2+. The number of furan rings is 1. The Morgan fingerprint density at radius 1 is 1.32 bits per heavy atom. The van der Waals surface area contributed by atoms with Crippen LogP contribution in [0.25, 0.3) is 0 Å². The number of carbonyl (C=O) groups is 1. The van der Waals surface area contributed by atoms with Gasteiger partial charge in [0.1, 0.15) is 12.3 Å². The van der Waals surface area contributed by atoms with E-state index in [1.54, 1.807) is 0 Å². The molecule has 0 saturated carbocycles. The first-order valence-electron chi connectivity index (χ1n) is 7.40. The molecule has 0 aliphatic heterocycles. The van der Waals surface area contributed by atoms with Crippen LogP contribution < -0.4 is 10.2 Å². The molecular weight excluding hydrogens is 300 g/mol. The topological polar surface area (TPSA) is 46.7 Å². The number of benzene rings is 1. The van der Waals surface area contributed by atoms with Crippen LogP contribution in [0.15, 0.2) is 40.8 Å². The van der Waals surface area contributed by atoms with Gasteiger partial charge in [-0.15, -0.1) is 0 Å². The van der Waals surface area contributed by atoms with E-state index in [-0.39, 0.29) is 5.91 Å². The molecule has 118 valence electrons. The lowest BCUT2D eigenvalue weighted by Gasteiger charge is -2.12. The number of aryl methyl sites for hydroxylation is 1. The molecule has 1 aromatic carbocycles. The molecule has 2 aromatic rings. The maximum atomic E-state index is 11.9. The van der Waals surface area contributed by atoms with Gasteiger partial charge in [-0.25, -0.2) is 0 Å². The molecule has 1 atom stereocenters. The molecule has 1 heterocycles. The number of rotatable bonds is 7. The second-order valence-corrected chi connectivity index (χ2v) is 5.99. The Hall–Kier alpha value is -1.78. The van der Waals surface area contributed by atoms with Gasteiger partial charge in [0.05, 0.1) is 7.05 Å². The van der Waals surface area contributed by atoms with Crippen molar-refractivity contribution in [2.45, 2.75) is 19.9 Å². The summed E-state index contributed by atoms with van der Waals surface area (Å²) < 4.78 is 5.52. The first kappa shape index (κ1) is 16.6. The highest BCUT2D eigenvalue weighted by Gasteiger charge is 2.12. The number of amides is 1. The lowest BCUT2D eigenvalue weighted by atomic mass is 10.1. The minimum Gasteiger partial charge on any atom is -0.460 e. The smallest absolute Gasteiger partial charge is 0.275 e. The van der Waals surface area contributed by atoms with E-state index < -0.39 is 0 Å². The number of halogens is 1. The summed E-state index contributed by atoms with van der Waals surface area (Å²) in [6, 6.07) is 11.6. The second-order valence-electron chi connectivity index (χ2n) is 5.55. The highest BCUT2D eigenvalue weighted by molar-refractivity contribution is 6.30. The Bertz CT molecular complexity index is 625. The molecule has 4 nitrogen and oxygen atoms in total. The van der Waals surface area contributed by atoms with Crippen molar-refractivity contribution < 1.29 is 14.1 Å². The van der Waals surface area contributed by atoms with Gasteiger partial charge >= 0.3 is 0 Å². The van der Waals surface area contributed by atoms with Gasteiger partial charge in [0, 0.05) is 11.6 Å². The number of carbonyl (C=O) groups excluding carboxylic acids is 1. The molecule has 0 spiro atoms. The lowest BCUT2D eigenvalue weighted by molar-refractivity contribution is -0.886. The number of hydrogen-bond acceptors (Lipinski definition) is 2. The van der Waals surface area contributed by atoms with Gasteiger partial charge in [-0.2, -0.15) is 0 Å². The van der Waals surface area contributed by atoms with Gasteiger partial charge < -0.3 is 14.6 Å². The fraction of sp³-hybridized carbons (Fsp3) is 0.353. The molecule has 0 aliphatic rings. The number of nitrogens with one attached hydrogen (secondary N) is 2. The minimum absolute atomic E-state index is 0.0443. The third-order valence-corrected chi connectivity index (χ3v) is 3.59. The number of hydrogen-bond donors (Lipinski definition) is 2. The maximum Gasteiger partial charge on any atom is 0.275 e. The third-order valence-electron chi connectivity index (χ3n) is 3.36. The predicted molar refractivity (Wildman–Crippen MR) is 87.1 cm³/mol. The van der Waals surface area contributed by atoms with Crippen molar-refractivity contribution in [1.82, 2.24) is 5.32 Å². The van der Waals surface area contributed by atoms with Crippen LogP contribution in [0, 0.1) is 6.92 Å². The molecule has 22 heavy (non-hydrogen) atoms. The van der Waals surface area contributed by atoms with Gasteiger partial charge in [-0.05, 0) is 43.2 Å². The van der Waals surface area contributed by atoms with Crippen LogP contribution in [-0.2, 0) is 17.8 Å². The van der Waals surface area contributed by atoms with Crippen LogP contribution in [0.2, 0.25) is 5.02 Å². The van der Waals surface area contributed by atoms with E-state index in [9.17, 15) is 4.79 Å². The number of likely N-dealkylation sites (N-methyl/N-ethyl adjacent to an activating group) is 1. The Morgan fingerprint density at radius 2 is 2.14 bits per heavy atom. The summed E-state index contributed by atoms with van der Waals surface area (Å²) in [7, 11) is 1.98. The fourth-order valence-corrected chi connectivity index (χ4v) is 2.53. The normalized spacial score (nSPS) is 12.1. The maximum absolute atomic E-state index is 11.9. The Balaban J connectivity index is 1.69. The molecule has 2 rings (SSSR count). The zero-order chi connectivity index (χ0) is 15.9. The van der Waals surface area contributed by atoms with Gasteiger partial charge in [-0.1, -0.05) is 23.7 Å². The average molecular weight is 322 g/mol. The second kappa shape index (κ2) is 8.01. The molecule has 1 aromatic heterocycles. The predicted octanol–water partition coefficient (Wildman–Crippen LogP) is 1.62. The van der Waals surface area contributed by atoms with Crippen LogP contribution in [-0.4, -0.2) is 26.0 Å². The fourth-order valence-electron chi connectivity index (χ4n) is 2.32. The summed E-state index contributed by atoms with van der Waals surface area (Å²) in [6.07, 6.45) is 0.780. The number of quaternary nitrogens is 1. The molecule has 5 heteroatoms. The standard InChI is InChI=1S/C17H21ClN2O2/c1-13-6-7-16(22-13)11-20(2)12-17(21)19-9-8-14-4-3-5-15(18)10-14/h3-7,10H,8-9,11-12H2,1-2H3,(H,19,21)/p+1. The van der Waals surface area contributed by atoms with E-state index in [0.29, 0.717) is 19.6 Å². The Labute approximate surface area is 136 Å². The monoisotopic (exact) mass is 321 g/mol. The molecule has 1 amide bonds. The van der Waals surface area contributed by atoms with Crippen LogP contribution in [0.1, 0.15) is 17.1 Å². The molecule has 1 unspecified atom stereocenters. The van der Waals surface area contributed by atoms with Gasteiger partial charge in [0.2, 0.25) is 0 Å².